The maximum absolute atomic E-state index is 13.3. The number of thioether (sulfide) groups is 1. The summed E-state index contributed by atoms with van der Waals surface area (Å²) in [6.45, 7) is 1.38. The first-order chi connectivity index (χ1) is 16.9. The quantitative estimate of drug-likeness (QED) is 0.290. The third-order valence-electron chi connectivity index (χ3n) is 6.45. The minimum atomic E-state index is -0.375. The Balaban J connectivity index is 1.76. The van der Waals surface area contributed by atoms with Crippen LogP contribution in [0.4, 0.5) is 0 Å². The number of likely N-dealkylation sites (N-methyl/N-ethyl adjacent to an activating group) is 1. The molecule has 0 bridgehead atoms. The molecule has 1 aliphatic rings. The molecule has 0 aliphatic carbocycles. The molecule has 0 fully saturated rings. The van der Waals surface area contributed by atoms with Crippen molar-refractivity contribution in [2.75, 3.05) is 34.0 Å². The lowest BCUT2D eigenvalue weighted by molar-refractivity contribution is -0.122. The molecule has 5 rings (SSSR count). The van der Waals surface area contributed by atoms with Crippen molar-refractivity contribution in [1.82, 2.24) is 19.8 Å². The molecule has 180 valence electrons. The Morgan fingerprint density at radius 3 is 2.49 bits per heavy atom. The van der Waals surface area contributed by atoms with Crippen molar-refractivity contribution in [3.8, 4) is 0 Å². The van der Waals surface area contributed by atoms with Crippen molar-refractivity contribution in [2.45, 2.75) is 17.5 Å². The molecule has 2 N–H and O–H groups in total. The Kier molecular flexibility index (Phi) is 6.27. The van der Waals surface area contributed by atoms with Crippen LogP contribution in [0.15, 0.2) is 59.8 Å². The van der Waals surface area contributed by atoms with Crippen molar-refractivity contribution in [3.63, 3.8) is 0 Å². The first-order valence-corrected chi connectivity index (χ1v) is 12.7. The van der Waals surface area contributed by atoms with Crippen LogP contribution in [0.25, 0.3) is 33.0 Å². The fraction of sp³-hybridized carbons (Fsp3) is 0.259. The van der Waals surface area contributed by atoms with Gasteiger partial charge in [0.1, 0.15) is 0 Å². The van der Waals surface area contributed by atoms with Crippen LogP contribution in [0.1, 0.15) is 11.1 Å². The van der Waals surface area contributed by atoms with E-state index in [1.807, 2.05) is 63.1 Å². The molecule has 1 aliphatic heterocycles. The molecular weight excluding hydrogens is 460 g/mol. The summed E-state index contributed by atoms with van der Waals surface area (Å²) in [5.74, 6) is -0.749. The van der Waals surface area contributed by atoms with E-state index in [0.717, 1.165) is 44.4 Å². The number of benzene rings is 2. The molecule has 4 aromatic rings. The van der Waals surface area contributed by atoms with Crippen LogP contribution >= 0.6 is 11.8 Å². The van der Waals surface area contributed by atoms with Gasteiger partial charge in [0.15, 0.2) is 0 Å². The van der Waals surface area contributed by atoms with Crippen LogP contribution in [-0.2, 0) is 20.9 Å². The maximum Gasteiger partial charge on any atom is 0.259 e. The van der Waals surface area contributed by atoms with E-state index in [-0.39, 0.29) is 17.9 Å². The first-order valence-electron chi connectivity index (χ1n) is 11.4. The molecule has 0 radical (unpaired) electrons. The number of methoxy groups -OCH3 is 1. The number of rotatable bonds is 8. The largest absolute Gasteiger partial charge is 0.378 e. The van der Waals surface area contributed by atoms with Gasteiger partial charge in [0.05, 0.1) is 23.8 Å². The molecule has 0 spiro atoms. The molecule has 2 aromatic carbocycles. The van der Waals surface area contributed by atoms with Crippen LogP contribution in [0.2, 0.25) is 0 Å². The number of nitrogens with zero attached hydrogens (tertiary/aromatic N) is 2. The smallest absolute Gasteiger partial charge is 0.259 e. The van der Waals surface area contributed by atoms with Crippen molar-refractivity contribution >= 4 is 56.5 Å². The average molecular weight is 489 g/mol. The van der Waals surface area contributed by atoms with Crippen LogP contribution < -0.4 is 5.32 Å². The van der Waals surface area contributed by atoms with Crippen molar-refractivity contribution in [2.24, 2.45) is 0 Å². The van der Waals surface area contributed by atoms with E-state index in [4.69, 9.17) is 4.74 Å². The summed E-state index contributed by atoms with van der Waals surface area (Å²) in [6.07, 6.45) is 5.79. The van der Waals surface area contributed by atoms with Gasteiger partial charge in [-0.3, -0.25) is 14.9 Å². The van der Waals surface area contributed by atoms with Gasteiger partial charge in [-0.25, -0.2) is 0 Å². The second kappa shape index (κ2) is 9.37. The second-order valence-electron chi connectivity index (χ2n) is 8.95. The lowest BCUT2D eigenvalue weighted by Crippen LogP contribution is -2.31. The zero-order chi connectivity index (χ0) is 24.7. The lowest BCUT2D eigenvalue weighted by Gasteiger charge is -2.20. The fourth-order valence-corrected chi connectivity index (χ4v) is 5.54. The monoisotopic (exact) mass is 488 g/mol. The highest BCUT2D eigenvalue weighted by Crippen LogP contribution is 2.41. The summed E-state index contributed by atoms with van der Waals surface area (Å²) in [7, 11) is 5.75. The van der Waals surface area contributed by atoms with Gasteiger partial charge >= 0.3 is 0 Å². The van der Waals surface area contributed by atoms with Gasteiger partial charge in [-0.1, -0.05) is 24.3 Å². The van der Waals surface area contributed by atoms with E-state index >= 15 is 0 Å². The number of nitrogens with one attached hydrogen (secondary N) is 2. The number of aromatic nitrogens is 2. The van der Waals surface area contributed by atoms with Crippen LogP contribution in [0.5, 0.6) is 0 Å². The predicted octanol–water partition coefficient (Wildman–Crippen LogP) is 3.99. The SMILES string of the molecule is COC(CN(C)C)Cn1cc(C2=C(c3c[nH]c4ccccc34)C(=O)NC2=O)c2c(SC)cccc21. The number of carbonyl (C=O) groups excluding carboxylic acids is 2. The molecule has 2 amide bonds. The topological polar surface area (TPSA) is 79.4 Å². The average Bonchev–Trinajstić information content (AvgIpc) is 3.51. The van der Waals surface area contributed by atoms with Crippen molar-refractivity contribution < 1.29 is 14.3 Å². The zero-order valence-corrected chi connectivity index (χ0v) is 21.0. The van der Waals surface area contributed by atoms with E-state index in [1.165, 1.54) is 0 Å². The number of carbonyl (C=O) groups is 2. The standard InChI is InChI=1S/C27H28N4O3S/c1-30(2)13-16(34-3)14-31-15-19(23-21(31)10-7-11-22(23)35-4)25-24(26(32)29-27(25)33)18-12-28-20-9-6-5-8-17(18)20/h5-12,15-16,28H,13-14H2,1-4H3,(H,29,32,33). The lowest BCUT2D eigenvalue weighted by atomic mass is 9.95. The summed E-state index contributed by atoms with van der Waals surface area (Å²) in [6, 6.07) is 13.9. The van der Waals surface area contributed by atoms with Gasteiger partial charge in [-0.05, 0) is 38.6 Å². The zero-order valence-electron chi connectivity index (χ0n) is 20.2. The molecule has 1 unspecified atom stereocenters. The van der Waals surface area contributed by atoms with E-state index in [1.54, 1.807) is 18.9 Å². The number of hydrogen-bond donors (Lipinski definition) is 2. The molecule has 3 heterocycles. The van der Waals surface area contributed by atoms with Gasteiger partial charge in [0.25, 0.3) is 11.8 Å². The van der Waals surface area contributed by atoms with Gasteiger partial charge in [0, 0.05) is 63.9 Å². The third kappa shape index (κ3) is 4.07. The molecule has 2 aromatic heterocycles. The minimum Gasteiger partial charge on any atom is -0.378 e. The number of H-pyrrole nitrogens is 1. The van der Waals surface area contributed by atoms with Crippen LogP contribution in [-0.4, -0.2) is 66.4 Å². The Hall–Kier alpha value is -3.33. The van der Waals surface area contributed by atoms with Gasteiger partial charge in [-0.2, -0.15) is 0 Å². The summed E-state index contributed by atoms with van der Waals surface area (Å²) in [5, 5.41) is 4.42. The van der Waals surface area contributed by atoms with Crippen molar-refractivity contribution in [1.29, 1.82) is 0 Å². The highest BCUT2D eigenvalue weighted by atomic mass is 32.2. The van der Waals surface area contributed by atoms with Gasteiger partial charge < -0.3 is 19.2 Å². The van der Waals surface area contributed by atoms with Gasteiger partial charge in [-0.15, -0.1) is 11.8 Å². The molecule has 0 saturated heterocycles. The number of amides is 2. The van der Waals surface area contributed by atoms with Crippen LogP contribution in [0, 0.1) is 0 Å². The number of aromatic amines is 1. The third-order valence-corrected chi connectivity index (χ3v) is 7.23. The van der Waals surface area contributed by atoms with E-state index in [0.29, 0.717) is 17.7 Å². The summed E-state index contributed by atoms with van der Waals surface area (Å²) < 4.78 is 7.89. The second-order valence-corrected chi connectivity index (χ2v) is 9.80. The van der Waals surface area contributed by atoms with Gasteiger partial charge in [0.2, 0.25) is 0 Å². The molecule has 0 saturated carbocycles. The summed E-state index contributed by atoms with van der Waals surface area (Å²) in [4.78, 5) is 32.7. The first kappa shape index (κ1) is 23.4. The molecule has 7 nitrogen and oxygen atoms in total. The number of fused-ring (bicyclic) bond motifs is 2. The Morgan fingerprint density at radius 1 is 1.03 bits per heavy atom. The number of hydrogen-bond acceptors (Lipinski definition) is 5. The summed E-state index contributed by atoms with van der Waals surface area (Å²) >= 11 is 1.62. The number of imide groups is 1. The Labute approximate surface area is 208 Å². The number of para-hydroxylation sites is 1. The molecular formula is C27H28N4O3S. The van der Waals surface area contributed by atoms with Crippen molar-refractivity contribution in [3.05, 3.63) is 66.0 Å². The minimum absolute atomic E-state index is 0.0347. The highest BCUT2D eigenvalue weighted by Gasteiger charge is 2.35. The normalized spacial score (nSPS) is 15.1. The van der Waals surface area contributed by atoms with E-state index in [9.17, 15) is 9.59 Å². The van der Waals surface area contributed by atoms with E-state index < -0.39 is 0 Å². The summed E-state index contributed by atoms with van der Waals surface area (Å²) in [5.41, 5.74) is 4.22. The molecule has 8 heteroatoms. The maximum atomic E-state index is 13.3. The Bertz CT molecular complexity index is 1480. The van der Waals surface area contributed by atoms with E-state index in [2.05, 4.69) is 31.9 Å². The Morgan fingerprint density at radius 2 is 1.77 bits per heavy atom. The highest BCUT2D eigenvalue weighted by molar-refractivity contribution is 7.98. The molecule has 1 atom stereocenters. The van der Waals surface area contributed by atoms with Crippen LogP contribution in [0.3, 0.4) is 0 Å². The predicted molar refractivity (Wildman–Crippen MR) is 141 cm³/mol. The fourth-order valence-electron chi connectivity index (χ4n) is 4.91. The molecule has 35 heavy (non-hydrogen) atoms. The number of ether oxygens (including phenoxy) is 1.